The van der Waals surface area contributed by atoms with E-state index >= 15 is 0 Å². The standard InChI is InChI=1S/C14H15NO3/c16-13-5-1-4-12-11(13)3-2-6-14(12)17-9-10-7-8-15-18-10/h2-3,6-8,13,16H,1,4-5,9H2. The highest BCUT2D eigenvalue weighted by Crippen LogP contribution is 2.35. The number of hydrogen-bond donors (Lipinski definition) is 1. The Morgan fingerprint density at radius 3 is 3.17 bits per heavy atom. The zero-order chi connectivity index (χ0) is 12.4. The van der Waals surface area contributed by atoms with Crippen LogP contribution in [0.3, 0.4) is 0 Å². The Kier molecular flexibility index (Phi) is 3.02. The molecule has 4 nitrogen and oxygen atoms in total. The first-order valence-corrected chi connectivity index (χ1v) is 6.17. The van der Waals surface area contributed by atoms with Crippen molar-refractivity contribution < 1.29 is 14.4 Å². The second-order valence-electron chi connectivity index (χ2n) is 4.50. The van der Waals surface area contributed by atoms with Gasteiger partial charge in [0.05, 0.1) is 12.3 Å². The van der Waals surface area contributed by atoms with Crippen molar-refractivity contribution in [3.05, 3.63) is 47.3 Å². The van der Waals surface area contributed by atoms with Crippen LogP contribution < -0.4 is 4.74 Å². The van der Waals surface area contributed by atoms with Crippen molar-refractivity contribution in [2.45, 2.75) is 32.0 Å². The van der Waals surface area contributed by atoms with Gasteiger partial charge in [-0.1, -0.05) is 17.3 Å². The third kappa shape index (κ3) is 2.11. The van der Waals surface area contributed by atoms with Gasteiger partial charge in [-0.25, -0.2) is 0 Å². The van der Waals surface area contributed by atoms with Gasteiger partial charge >= 0.3 is 0 Å². The molecule has 0 bridgehead atoms. The highest BCUT2D eigenvalue weighted by Gasteiger charge is 2.20. The first-order chi connectivity index (χ1) is 8.84. The van der Waals surface area contributed by atoms with E-state index in [0.29, 0.717) is 12.4 Å². The first kappa shape index (κ1) is 11.3. The van der Waals surface area contributed by atoms with Crippen molar-refractivity contribution in [3.8, 4) is 5.75 Å². The third-order valence-electron chi connectivity index (χ3n) is 3.29. The largest absolute Gasteiger partial charge is 0.485 e. The lowest BCUT2D eigenvalue weighted by molar-refractivity contribution is 0.154. The van der Waals surface area contributed by atoms with E-state index in [1.807, 2.05) is 18.2 Å². The molecule has 1 heterocycles. The van der Waals surface area contributed by atoms with Crippen molar-refractivity contribution in [2.75, 3.05) is 0 Å². The van der Waals surface area contributed by atoms with E-state index in [4.69, 9.17) is 9.26 Å². The molecule has 0 fully saturated rings. The Balaban J connectivity index is 1.82. The predicted molar refractivity (Wildman–Crippen MR) is 65.2 cm³/mol. The number of hydrogen-bond acceptors (Lipinski definition) is 4. The van der Waals surface area contributed by atoms with E-state index in [-0.39, 0.29) is 6.10 Å². The molecule has 0 saturated carbocycles. The number of aliphatic hydroxyl groups is 1. The Morgan fingerprint density at radius 1 is 1.39 bits per heavy atom. The van der Waals surface area contributed by atoms with Crippen LogP contribution in [0.1, 0.15) is 35.8 Å². The van der Waals surface area contributed by atoms with Crippen molar-refractivity contribution in [3.63, 3.8) is 0 Å². The van der Waals surface area contributed by atoms with Gasteiger partial charge < -0.3 is 14.4 Å². The molecular formula is C14H15NO3. The fraction of sp³-hybridized carbons (Fsp3) is 0.357. The highest BCUT2D eigenvalue weighted by atomic mass is 16.5. The van der Waals surface area contributed by atoms with Crippen LogP contribution in [-0.2, 0) is 13.0 Å². The second-order valence-corrected chi connectivity index (χ2v) is 4.50. The summed E-state index contributed by atoms with van der Waals surface area (Å²) in [5, 5.41) is 13.6. The fourth-order valence-electron chi connectivity index (χ4n) is 2.39. The van der Waals surface area contributed by atoms with E-state index in [2.05, 4.69) is 5.16 Å². The van der Waals surface area contributed by atoms with Gasteiger partial charge in [-0.15, -0.1) is 0 Å². The molecule has 4 heteroatoms. The first-order valence-electron chi connectivity index (χ1n) is 6.17. The van der Waals surface area contributed by atoms with E-state index in [1.54, 1.807) is 12.3 Å². The normalized spacial score (nSPS) is 18.4. The molecule has 94 valence electrons. The number of aromatic nitrogens is 1. The summed E-state index contributed by atoms with van der Waals surface area (Å²) >= 11 is 0. The SMILES string of the molecule is OC1CCCc2c(OCc3ccno3)cccc21. The fourth-order valence-corrected chi connectivity index (χ4v) is 2.39. The summed E-state index contributed by atoms with van der Waals surface area (Å²) in [5.74, 6) is 1.53. The summed E-state index contributed by atoms with van der Waals surface area (Å²) in [7, 11) is 0. The zero-order valence-electron chi connectivity index (χ0n) is 10.0. The van der Waals surface area contributed by atoms with Crippen LogP contribution in [0, 0.1) is 0 Å². The minimum atomic E-state index is -0.359. The lowest BCUT2D eigenvalue weighted by Gasteiger charge is -2.23. The average molecular weight is 245 g/mol. The molecule has 3 rings (SSSR count). The number of fused-ring (bicyclic) bond motifs is 1. The van der Waals surface area contributed by atoms with Gasteiger partial charge in [0.25, 0.3) is 0 Å². The van der Waals surface area contributed by atoms with Crippen LogP contribution in [0.25, 0.3) is 0 Å². The number of nitrogens with zero attached hydrogens (tertiary/aromatic N) is 1. The van der Waals surface area contributed by atoms with Gasteiger partial charge in [0, 0.05) is 6.07 Å². The van der Waals surface area contributed by atoms with E-state index in [1.165, 1.54) is 0 Å². The molecule has 0 amide bonds. The van der Waals surface area contributed by atoms with Crippen molar-refractivity contribution >= 4 is 0 Å². The summed E-state index contributed by atoms with van der Waals surface area (Å²) in [6.45, 7) is 0.368. The Bertz CT molecular complexity index is 522. The summed E-state index contributed by atoms with van der Waals surface area (Å²) < 4.78 is 10.7. The molecule has 0 aliphatic heterocycles. The molecule has 0 spiro atoms. The average Bonchev–Trinajstić information content (AvgIpc) is 2.90. The molecule has 1 aromatic carbocycles. The van der Waals surface area contributed by atoms with Gasteiger partial charge in [-0.05, 0) is 36.5 Å². The Labute approximate surface area is 105 Å². The molecule has 0 saturated heterocycles. The summed E-state index contributed by atoms with van der Waals surface area (Å²) in [4.78, 5) is 0. The van der Waals surface area contributed by atoms with Gasteiger partial charge in [-0.3, -0.25) is 0 Å². The van der Waals surface area contributed by atoms with Crippen LogP contribution in [-0.4, -0.2) is 10.3 Å². The maximum atomic E-state index is 9.95. The minimum Gasteiger partial charge on any atom is -0.485 e. The van der Waals surface area contributed by atoms with Crippen molar-refractivity contribution in [1.82, 2.24) is 5.16 Å². The van der Waals surface area contributed by atoms with Gasteiger partial charge in [0.2, 0.25) is 0 Å². The minimum absolute atomic E-state index is 0.359. The van der Waals surface area contributed by atoms with Crippen LogP contribution in [0.4, 0.5) is 0 Å². The topological polar surface area (TPSA) is 55.5 Å². The maximum absolute atomic E-state index is 9.95. The molecule has 0 radical (unpaired) electrons. The molecule has 1 N–H and O–H groups in total. The predicted octanol–water partition coefficient (Wildman–Crippen LogP) is 2.62. The highest BCUT2D eigenvalue weighted by molar-refractivity contribution is 5.42. The molecule has 2 aromatic rings. The van der Waals surface area contributed by atoms with Gasteiger partial charge in [0.1, 0.15) is 12.4 Å². The van der Waals surface area contributed by atoms with E-state index in [0.717, 1.165) is 36.1 Å². The number of aliphatic hydroxyl groups excluding tert-OH is 1. The lowest BCUT2D eigenvalue weighted by Crippen LogP contribution is -2.10. The maximum Gasteiger partial charge on any atom is 0.174 e. The molecule has 18 heavy (non-hydrogen) atoms. The molecular weight excluding hydrogens is 230 g/mol. The van der Waals surface area contributed by atoms with E-state index < -0.39 is 0 Å². The van der Waals surface area contributed by atoms with Gasteiger partial charge in [-0.2, -0.15) is 0 Å². The van der Waals surface area contributed by atoms with Gasteiger partial charge in [0.15, 0.2) is 5.76 Å². The number of benzene rings is 1. The monoisotopic (exact) mass is 245 g/mol. The summed E-state index contributed by atoms with van der Waals surface area (Å²) in [6, 6.07) is 7.61. The van der Waals surface area contributed by atoms with Crippen LogP contribution in [0.15, 0.2) is 35.0 Å². The van der Waals surface area contributed by atoms with Crippen LogP contribution in [0.5, 0.6) is 5.75 Å². The lowest BCUT2D eigenvalue weighted by atomic mass is 9.89. The summed E-state index contributed by atoms with van der Waals surface area (Å²) in [5.41, 5.74) is 2.12. The van der Waals surface area contributed by atoms with Crippen LogP contribution in [0.2, 0.25) is 0 Å². The number of rotatable bonds is 3. The number of ether oxygens (including phenoxy) is 1. The molecule has 1 atom stereocenters. The third-order valence-corrected chi connectivity index (χ3v) is 3.29. The Morgan fingerprint density at radius 2 is 2.33 bits per heavy atom. The molecule has 1 aromatic heterocycles. The summed E-state index contributed by atoms with van der Waals surface area (Å²) in [6.07, 6.45) is 4.03. The van der Waals surface area contributed by atoms with Crippen LogP contribution >= 0.6 is 0 Å². The smallest absolute Gasteiger partial charge is 0.174 e. The Hall–Kier alpha value is -1.81. The van der Waals surface area contributed by atoms with E-state index in [9.17, 15) is 5.11 Å². The van der Waals surface area contributed by atoms with Crippen molar-refractivity contribution in [2.24, 2.45) is 0 Å². The molecule has 1 unspecified atom stereocenters. The second kappa shape index (κ2) is 4.82. The molecule has 1 aliphatic rings. The van der Waals surface area contributed by atoms with Crippen molar-refractivity contribution in [1.29, 1.82) is 0 Å². The zero-order valence-corrected chi connectivity index (χ0v) is 10.0. The molecule has 1 aliphatic carbocycles. The quantitative estimate of drug-likeness (QED) is 0.903.